The van der Waals surface area contributed by atoms with Crippen molar-refractivity contribution in [2.75, 3.05) is 0 Å². The quantitative estimate of drug-likeness (QED) is 0.568. The van der Waals surface area contributed by atoms with Crippen LogP contribution in [0.15, 0.2) is 30.3 Å². The van der Waals surface area contributed by atoms with Crippen molar-refractivity contribution < 1.29 is 14.9 Å². The number of carbonyl (C=O) groups is 1. The van der Waals surface area contributed by atoms with Crippen molar-refractivity contribution in [3.05, 3.63) is 36.0 Å². The largest absolute Gasteiger partial charge is 0.364 e. The van der Waals surface area contributed by atoms with E-state index in [0.717, 1.165) is 5.39 Å². The number of amides is 1. The lowest BCUT2D eigenvalue weighted by molar-refractivity contribution is -0.137. The Bertz CT molecular complexity index is 525. The fourth-order valence-corrected chi connectivity index (χ4v) is 1.30. The average Bonchev–Trinajstić information content (AvgIpc) is 2.27. The van der Waals surface area contributed by atoms with Crippen LogP contribution in [0.4, 0.5) is 0 Å². The first-order valence-corrected chi connectivity index (χ1v) is 4.23. The average molecular weight is 204 g/mol. The Kier molecular flexibility index (Phi) is 2.23. The van der Waals surface area contributed by atoms with Crippen molar-refractivity contribution in [3.63, 3.8) is 0 Å². The minimum Gasteiger partial charge on any atom is -0.364 e. The molecule has 1 aromatic heterocycles. The molecule has 0 radical (unpaired) electrons. The van der Waals surface area contributed by atoms with E-state index in [1.165, 1.54) is 6.07 Å². The summed E-state index contributed by atoms with van der Waals surface area (Å²) in [5.41, 5.74) is 5.92. The molecular formula is C10H8N2O3. The number of hydrogen-bond acceptors (Lipinski definition) is 4. The summed E-state index contributed by atoms with van der Waals surface area (Å²) in [7, 11) is 0. The van der Waals surface area contributed by atoms with Crippen molar-refractivity contribution in [1.29, 1.82) is 0 Å². The summed E-state index contributed by atoms with van der Waals surface area (Å²) in [5, 5.41) is 9.20. The first kappa shape index (κ1) is 9.42. The molecule has 0 fully saturated rings. The Morgan fingerprint density at radius 2 is 2.13 bits per heavy atom. The highest BCUT2D eigenvalue weighted by molar-refractivity contribution is 5.93. The van der Waals surface area contributed by atoms with Gasteiger partial charge >= 0.3 is 0 Å². The predicted octanol–water partition coefficient (Wildman–Crippen LogP) is 1.19. The zero-order chi connectivity index (χ0) is 10.8. The van der Waals surface area contributed by atoms with Crippen LogP contribution in [0.2, 0.25) is 0 Å². The standard InChI is InChI=1S/C10H8N2O3/c11-10(13)9-3-1-6-5-7(15-14)2-4-8(6)12-9/h1-5,14H,(H2,11,13). The number of fused-ring (bicyclic) bond motifs is 1. The van der Waals surface area contributed by atoms with Gasteiger partial charge in [0.2, 0.25) is 0 Å². The van der Waals surface area contributed by atoms with E-state index in [2.05, 4.69) is 9.87 Å². The number of rotatable bonds is 2. The van der Waals surface area contributed by atoms with E-state index in [1.54, 1.807) is 24.3 Å². The van der Waals surface area contributed by atoms with Crippen LogP contribution in [-0.4, -0.2) is 16.1 Å². The Morgan fingerprint density at radius 1 is 1.33 bits per heavy atom. The van der Waals surface area contributed by atoms with Gasteiger partial charge in [0.1, 0.15) is 5.69 Å². The van der Waals surface area contributed by atoms with E-state index in [4.69, 9.17) is 11.0 Å². The fraction of sp³-hybridized carbons (Fsp3) is 0. The van der Waals surface area contributed by atoms with Gasteiger partial charge in [-0.15, -0.1) is 0 Å². The third-order valence-electron chi connectivity index (χ3n) is 2.02. The summed E-state index contributed by atoms with van der Waals surface area (Å²) in [4.78, 5) is 19.0. The molecular weight excluding hydrogens is 196 g/mol. The summed E-state index contributed by atoms with van der Waals surface area (Å²) >= 11 is 0. The van der Waals surface area contributed by atoms with Gasteiger partial charge in [0, 0.05) is 5.39 Å². The number of benzene rings is 1. The molecule has 1 aromatic carbocycles. The number of nitrogens with two attached hydrogens (primary N) is 1. The summed E-state index contributed by atoms with van der Waals surface area (Å²) in [5.74, 6) is -0.254. The molecule has 0 spiro atoms. The van der Waals surface area contributed by atoms with E-state index in [1.807, 2.05) is 0 Å². The molecule has 2 rings (SSSR count). The summed E-state index contributed by atoms with van der Waals surface area (Å²) in [6.45, 7) is 0. The van der Waals surface area contributed by atoms with Gasteiger partial charge in [-0.3, -0.25) is 4.79 Å². The van der Waals surface area contributed by atoms with Crippen LogP contribution >= 0.6 is 0 Å². The molecule has 0 aliphatic carbocycles. The monoisotopic (exact) mass is 204 g/mol. The molecule has 3 N–H and O–H groups in total. The lowest BCUT2D eigenvalue weighted by Crippen LogP contribution is -2.12. The Labute approximate surface area is 85.0 Å². The summed E-state index contributed by atoms with van der Waals surface area (Å²) in [6.07, 6.45) is 0. The number of nitrogens with zero attached hydrogens (tertiary/aromatic N) is 1. The van der Waals surface area contributed by atoms with Gasteiger partial charge in [-0.2, -0.15) is 0 Å². The number of pyridine rings is 1. The van der Waals surface area contributed by atoms with E-state index < -0.39 is 5.91 Å². The molecule has 0 saturated carbocycles. The second-order valence-electron chi connectivity index (χ2n) is 3.01. The van der Waals surface area contributed by atoms with Crippen LogP contribution < -0.4 is 10.6 Å². The van der Waals surface area contributed by atoms with Gasteiger partial charge in [-0.05, 0) is 24.3 Å². The molecule has 5 heteroatoms. The van der Waals surface area contributed by atoms with Gasteiger partial charge in [0.05, 0.1) is 5.52 Å². The van der Waals surface area contributed by atoms with E-state index in [-0.39, 0.29) is 5.69 Å². The zero-order valence-electron chi connectivity index (χ0n) is 7.68. The van der Waals surface area contributed by atoms with Crippen LogP contribution in [0, 0.1) is 0 Å². The molecule has 15 heavy (non-hydrogen) atoms. The molecule has 0 bridgehead atoms. The number of aromatic nitrogens is 1. The molecule has 0 saturated heterocycles. The van der Waals surface area contributed by atoms with Crippen molar-refractivity contribution in [2.45, 2.75) is 0 Å². The molecule has 1 amide bonds. The molecule has 0 atom stereocenters. The Hall–Kier alpha value is -2.14. The second kappa shape index (κ2) is 3.55. The number of hydrogen-bond donors (Lipinski definition) is 2. The van der Waals surface area contributed by atoms with Crippen molar-refractivity contribution in [3.8, 4) is 5.75 Å². The molecule has 76 valence electrons. The molecule has 1 heterocycles. The summed E-state index contributed by atoms with van der Waals surface area (Å²) in [6, 6.07) is 7.98. The second-order valence-corrected chi connectivity index (χ2v) is 3.01. The van der Waals surface area contributed by atoms with Crippen LogP contribution in [0.5, 0.6) is 5.75 Å². The van der Waals surface area contributed by atoms with Gasteiger partial charge in [0.15, 0.2) is 5.75 Å². The van der Waals surface area contributed by atoms with Gasteiger partial charge in [-0.25, -0.2) is 10.2 Å². The Morgan fingerprint density at radius 3 is 2.80 bits per heavy atom. The van der Waals surface area contributed by atoms with Crippen LogP contribution in [0.3, 0.4) is 0 Å². The third-order valence-corrected chi connectivity index (χ3v) is 2.02. The van der Waals surface area contributed by atoms with Gasteiger partial charge < -0.3 is 10.6 Å². The van der Waals surface area contributed by atoms with E-state index in [9.17, 15) is 4.79 Å². The normalized spacial score (nSPS) is 10.2. The van der Waals surface area contributed by atoms with E-state index in [0.29, 0.717) is 11.3 Å². The van der Waals surface area contributed by atoms with Crippen molar-refractivity contribution in [2.24, 2.45) is 5.73 Å². The SMILES string of the molecule is NC(=O)c1ccc2cc(OO)ccc2n1. The van der Waals surface area contributed by atoms with Crippen molar-refractivity contribution >= 4 is 16.8 Å². The van der Waals surface area contributed by atoms with Crippen LogP contribution in [0.1, 0.15) is 10.5 Å². The highest BCUT2D eigenvalue weighted by Crippen LogP contribution is 2.19. The lowest BCUT2D eigenvalue weighted by atomic mass is 10.2. The van der Waals surface area contributed by atoms with Crippen LogP contribution in [-0.2, 0) is 0 Å². The Balaban J connectivity index is 2.59. The molecule has 0 aliphatic heterocycles. The molecule has 0 aliphatic rings. The van der Waals surface area contributed by atoms with Crippen molar-refractivity contribution in [1.82, 2.24) is 4.98 Å². The lowest BCUT2D eigenvalue weighted by Gasteiger charge is -2.01. The number of primary amides is 1. The maximum atomic E-state index is 10.9. The highest BCUT2D eigenvalue weighted by atomic mass is 17.1. The van der Waals surface area contributed by atoms with Crippen LogP contribution in [0.25, 0.3) is 10.9 Å². The third kappa shape index (κ3) is 1.72. The minimum absolute atomic E-state index is 0.208. The molecule has 0 unspecified atom stereocenters. The minimum atomic E-state index is -0.570. The van der Waals surface area contributed by atoms with Gasteiger partial charge in [-0.1, -0.05) is 6.07 Å². The topological polar surface area (TPSA) is 85.4 Å². The molecule has 2 aromatic rings. The first-order chi connectivity index (χ1) is 7.20. The molecule has 5 nitrogen and oxygen atoms in total. The predicted molar refractivity (Wildman–Crippen MR) is 53.5 cm³/mol. The maximum Gasteiger partial charge on any atom is 0.267 e. The first-order valence-electron chi connectivity index (χ1n) is 4.23. The van der Waals surface area contributed by atoms with E-state index >= 15 is 0 Å². The smallest absolute Gasteiger partial charge is 0.267 e. The maximum absolute atomic E-state index is 10.9. The fourth-order valence-electron chi connectivity index (χ4n) is 1.30. The zero-order valence-corrected chi connectivity index (χ0v) is 7.68. The number of carbonyl (C=O) groups excluding carboxylic acids is 1. The van der Waals surface area contributed by atoms with Gasteiger partial charge in [0.25, 0.3) is 5.91 Å². The summed E-state index contributed by atoms with van der Waals surface area (Å²) < 4.78 is 0. The highest BCUT2D eigenvalue weighted by Gasteiger charge is 2.04.